The zero-order valence-electron chi connectivity index (χ0n) is 12.7. The number of likely N-dealkylation sites (N-methyl/N-ethyl adjacent to an activating group) is 1. The molecule has 2 rings (SSSR count). The first kappa shape index (κ1) is 15.5. The Morgan fingerprint density at radius 3 is 2.45 bits per heavy atom. The first-order chi connectivity index (χ1) is 9.74. The second-order valence-electron chi connectivity index (χ2n) is 5.59. The lowest BCUT2D eigenvalue weighted by Crippen LogP contribution is -2.48. The predicted molar refractivity (Wildman–Crippen MR) is 81.6 cm³/mol. The smallest absolute Gasteiger partial charge is 0.0720 e. The van der Waals surface area contributed by atoms with Gasteiger partial charge in [-0.05, 0) is 31.5 Å². The lowest BCUT2D eigenvalue weighted by molar-refractivity contribution is -0.0591. The van der Waals surface area contributed by atoms with Crippen molar-refractivity contribution in [3.63, 3.8) is 0 Å². The first-order valence-electron chi connectivity index (χ1n) is 7.82. The molecule has 3 nitrogen and oxygen atoms in total. The first-order valence-corrected chi connectivity index (χ1v) is 7.82. The Balaban J connectivity index is 1.80. The number of rotatable bonds is 6. The van der Waals surface area contributed by atoms with Gasteiger partial charge in [0.05, 0.1) is 18.8 Å². The topological polar surface area (TPSA) is 32.7 Å². The van der Waals surface area contributed by atoms with Crippen LogP contribution in [0.25, 0.3) is 0 Å². The Labute approximate surface area is 122 Å². The fourth-order valence-corrected chi connectivity index (χ4v) is 3.15. The molecule has 0 unspecified atom stereocenters. The van der Waals surface area contributed by atoms with Crippen LogP contribution in [0.1, 0.15) is 38.7 Å². The van der Waals surface area contributed by atoms with Crippen molar-refractivity contribution in [1.29, 1.82) is 0 Å². The Bertz CT molecular complexity index is 378. The summed E-state index contributed by atoms with van der Waals surface area (Å²) in [7, 11) is 0. The minimum atomic E-state index is -0.260. The van der Waals surface area contributed by atoms with Crippen LogP contribution in [-0.4, -0.2) is 41.3 Å². The molecule has 1 aromatic carbocycles. The molecule has 1 aliphatic carbocycles. The van der Waals surface area contributed by atoms with Crippen molar-refractivity contribution < 1.29 is 9.84 Å². The van der Waals surface area contributed by atoms with Gasteiger partial charge in [-0.2, -0.15) is 0 Å². The molecule has 0 aliphatic heterocycles. The lowest BCUT2D eigenvalue weighted by Gasteiger charge is -2.39. The maximum absolute atomic E-state index is 10.3. The van der Waals surface area contributed by atoms with Crippen LogP contribution in [0.4, 0.5) is 0 Å². The van der Waals surface area contributed by atoms with E-state index < -0.39 is 0 Å². The highest BCUT2D eigenvalue weighted by molar-refractivity contribution is 5.13. The molecule has 112 valence electrons. The minimum Gasteiger partial charge on any atom is -0.391 e. The summed E-state index contributed by atoms with van der Waals surface area (Å²) in [6.45, 7) is 6.98. The third kappa shape index (κ3) is 4.05. The fraction of sp³-hybridized carbons (Fsp3) is 0.647. The van der Waals surface area contributed by atoms with E-state index in [9.17, 15) is 5.11 Å². The highest BCUT2D eigenvalue weighted by atomic mass is 16.5. The number of hydrogen-bond donors (Lipinski definition) is 1. The van der Waals surface area contributed by atoms with Gasteiger partial charge in [-0.25, -0.2) is 0 Å². The number of hydrogen-bond acceptors (Lipinski definition) is 3. The molecular formula is C17H27NO2. The van der Waals surface area contributed by atoms with Crippen molar-refractivity contribution in [3.05, 3.63) is 35.9 Å². The van der Waals surface area contributed by atoms with Gasteiger partial charge in [0.2, 0.25) is 0 Å². The average molecular weight is 277 g/mol. The summed E-state index contributed by atoms with van der Waals surface area (Å²) in [5, 5.41) is 10.3. The summed E-state index contributed by atoms with van der Waals surface area (Å²) in [6, 6.07) is 10.6. The molecule has 0 saturated heterocycles. The van der Waals surface area contributed by atoms with Crippen LogP contribution in [0, 0.1) is 0 Å². The fourth-order valence-electron chi connectivity index (χ4n) is 3.15. The van der Waals surface area contributed by atoms with Crippen LogP contribution < -0.4 is 0 Å². The number of nitrogens with zero attached hydrogens (tertiary/aromatic N) is 1. The minimum absolute atomic E-state index is 0.192. The monoisotopic (exact) mass is 277 g/mol. The zero-order chi connectivity index (χ0) is 14.4. The maximum atomic E-state index is 10.3. The van der Waals surface area contributed by atoms with Crippen molar-refractivity contribution in [2.24, 2.45) is 0 Å². The van der Waals surface area contributed by atoms with Gasteiger partial charge in [0.1, 0.15) is 0 Å². The Morgan fingerprint density at radius 1 is 1.15 bits per heavy atom. The van der Waals surface area contributed by atoms with Gasteiger partial charge in [-0.3, -0.25) is 4.90 Å². The summed E-state index contributed by atoms with van der Waals surface area (Å²) in [4.78, 5) is 2.36. The normalized spacial score (nSPS) is 26.9. The Kier molecular flexibility index (Phi) is 6.02. The molecule has 1 aliphatic rings. The molecule has 0 bridgehead atoms. The molecule has 0 radical (unpaired) electrons. The number of aliphatic hydroxyl groups excluding tert-OH is 1. The van der Waals surface area contributed by atoms with Gasteiger partial charge in [0.15, 0.2) is 0 Å². The van der Waals surface area contributed by atoms with Gasteiger partial charge < -0.3 is 9.84 Å². The van der Waals surface area contributed by atoms with E-state index in [2.05, 4.69) is 30.9 Å². The van der Waals surface area contributed by atoms with E-state index in [1.54, 1.807) is 0 Å². The molecule has 1 N–H and O–H groups in total. The molecule has 0 aromatic heterocycles. The predicted octanol–water partition coefficient (Wildman–Crippen LogP) is 2.83. The van der Waals surface area contributed by atoms with Crippen LogP contribution in [0.3, 0.4) is 0 Å². The summed E-state index contributed by atoms with van der Waals surface area (Å²) in [5.74, 6) is 0. The van der Waals surface area contributed by atoms with E-state index in [4.69, 9.17) is 4.74 Å². The number of benzene rings is 1. The van der Waals surface area contributed by atoms with Crippen molar-refractivity contribution in [3.8, 4) is 0 Å². The molecule has 1 aromatic rings. The second-order valence-corrected chi connectivity index (χ2v) is 5.59. The van der Waals surface area contributed by atoms with Crippen LogP contribution in [0.5, 0.6) is 0 Å². The number of aliphatic hydroxyl groups is 1. The van der Waals surface area contributed by atoms with E-state index in [0.29, 0.717) is 12.6 Å². The average Bonchev–Trinajstić information content (AvgIpc) is 2.49. The van der Waals surface area contributed by atoms with Gasteiger partial charge in [-0.1, -0.05) is 44.2 Å². The molecular weight excluding hydrogens is 250 g/mol. The molecule has 3 heteroatoms. The van der Waals surface area contributed by atoms with Gasteiger partial charge in [0.25, 0.3) is 0 Å². The number of ether oxygens (including phenoxy) is 1. The van der Waals surface area contributed by atoms with Crippen molar-refractivity contribution in [1.82, 2.24) is 4.90 Å². The van der Waals surface area contributed by atoms with Gasteiger partial charge in [-0.15, -0.1) is 0 Å². The van der Waals surface area contributed by atoms with Crippen LogP contribution in [-0.2, 0) is 11.3 Å². The van der Waals surface area contributed by atoms with Crippen LogP contribution >= 0.6 is 0 Å². The summed E-state index contributed by atoms with van der Waals surface area (Å²) < 4.78 is 5.96. The summed E-state index contributed by atoms with van der Waals surface area (Å²) >= 11 is 0. The Morgan fingerprint density at radius 2 is 1.85 bits per heavy atom. The van der Waals surface area contributed by atoms with Gasteiger partial charge >= 0.3 is 0 Å². The Hall–Kier alpha value is -0.900. The van der Waals surface area contributed by atoms with Crippen LogP contribution in [0.2, 0.25) is 0 Å². The lowest BCUT2D eigenvalue weighted by atomic mass is 9.89. The third-order valence-corrected chi connectivity index (χ3v) is 4.34. The molecule has 0 heterocycles. The SMILES string of the molecule is CCN(CC)[C@@H]1CC[C@H](OCc2ccccc2)C[C@H]1O. The van der Waals surface area contributed by atoms with E-state index in [1.807, 2.05) is 18.2 Å². The van der Waals surface area contributed by atoms with Crippen molar-refractivity contribution in [2.75, 3.05) is 13.1 Å². The van der Waals surface area contributed by atoms with Gasteiger partial charge in [0, 0.05) is 12.5 Å². The zero-order valence-corrected chi connectivity index (χ0v) is 12.7. The van der Waals surface area contributed by atoms with E-state index >= 15 is 0 Å². The van der Waals surface area contributed by atoms with E-state index in [1.165, 1.54) is 5.56 Å². The van der Waals surface area contributed by atoms with Crippen molar-refractivity contribution >= 4 is 0 Å². The van der Waals surface area contributed by atoms with Crippen LogP contribution in [0.15, 0.2) is 30.3 Å². The second kappa shape index (κ2) is 7.77. The maximum Gasteiger partial charge on any atom is 0.0720 e. The molecule has 1 fully saturated rings. The largest absolute Gasteiger partial charge is 0.391 e. The third-order valence-electron chi connectivity index (χ3n) is 4.34. The van der Waals surface area contributed by atoms with E-state index in [-0.39, 0.29) is 12.2 Å². The molecule has 3 atom stereocenters. The molecule has 0 amide bonds. The summed E-state index contributed by atoms with van der Waals surface area (Å²) in [6.07, 6.45) is 2.77. The molecule has 20 heavy (non-hydrogen) atoms. The highest BCUT2D eigenvalue weighted by Crippen LogP contribution is 2.26. The molecule has 1 saturated carbocycles. The van der Waals surface area contributed by atoms with Crippen molar-refractivity contribution in [2.45, 2.75) is 58.0 Å². The quantitative estimate of drug-likeness (QED) is 0.868. The highest BCUT2D eigenvalue weighted by Gasteiger charge is 2.32. The standard InChI is InChI=1S/C17H27NO2/c1-3-18(4-2)16-11-10-15(12-17(16)19)20-13-14-8-6-5-7-9-14/h5-9,15-17,19H,3-4,10-13H2,1-2H3/t15-,16+,17+/m0/s1. The van der Waals surface area contributed by atoms with E-state index in [0.717, 1.165) is 32.4 Å². The molecule has 0 spiro atoms. The summed E-state index contributed by atoms with van der Waals surface area (Å²) in [5.41, 5.74) is 1.20.